The summed E-state index contributed by atoms with van der Waals surface area (Å²) in [5.41, 5.74) is 0. The Kier molecular flexibility index (Phi) is 7.87. The Morgan fingerprint density at radius 1 is 1.35 bits per heavy atom. The zero-order valence-electron chi connectivity index (χ0n) is 10.7. The van der Waals surface area contributed by atoms with Crippen molar-refractivity contribution in [1.82, 2.24) is 0 Å². The first-order valence-electron chi connectivity index (χ1n) is 6.20. The van der Waals surface area contributed by atoms with E-state index in [4.69, 9.17) is 4.18 Å². The first-order chi connectivity index (χ1) is 8.16. The molecular formula is C12H22O2S3. The Morgan fingerprint density at radius 2 is 2.12 bits per heavy atom. The third-order valence-electron chi connectivity index (χ3n) is 2.99. The largest absolute Gasteiger partial charge is 0.392 e. The summed E-state index contributed by atoms with van der Waals surface area (Å²) in [6.07, 6.45) is 9.67. The Morgan fingerprint density at radius 3 is 2.76 bits per heavy atom. The van der Waals surface area contributed by atoms with Crippen LogP contribution in [0.1, 0.15) is 51.9 Å². The molecule has 100 valence electrons. The van der Waals surface area contributed by atoms with Gasteiger partial charge in [0.05, 0.1) is 12.0 Å². The molecule has 1 heterocycles. The predicted molar refractivity (Wildman–Crippen MR) is 80.4 cm³/mol. The lowest BCUT2D eigenvalue weighted by molar-refractivity contribution is -0.133. The molecule has 1 fully saturated rings. The Balaban J connectivity index is 1.92. The van der Waals surface area contributed by atoms with Crippen molar-refractivity contribution in [2.75, 3.05) is 12.0 Å². The minimum absolute atomic E-state index is 0.0767. The second kappa shape index (κ2) is 8.59. The number of hydrogen-bond donors (Lipinski definition) is 0. The van der Waals surface area contributed by atoms with Gasteiger partial charge in [0.25, 0.3) is 0 Å². The van der Waals surface area contributed by atoms with Crippen molar-refractivity contribution < 1.29 is 8.98 Å². The maximum absolute atomic E-state index is 11.1. The fourth-order valence-electron chi connectivity index (χ4n) is 1.91. The highest BCUT2D eigenvalue weighted by molar-refractivity contribution is 8.77. The lowest BCUT2D eigenvalue weighted by Gasteiger charge is -2.20. The molecule has 1 aliphatic rings. The number of hydrogen-bond acceptors (Lipinski definition) is 5. The summed E-state index contributed by atoms with van der Waals surface area (Å²) in [4.78, 5) is 11.1. The molecule has 0 bridgehead atoms. The van der Waals surface area contributed by atoms with E-state index < -0.39 is 0 Å². The predicted octanol–water partition coefficient (Wildman–Crippen LogP) is 4.69. The first-order valence-corrected chi connectivity index (χ1v) is 9.67. The summed E-state index contributed by atoms with van der Waals surface area (Å²) in [7, 11) is 4.07. The first kappa shape index (κ1) is 15.6. The van der Waals surface area contributed by atoms with Crippen LogP contribution in [0.3, 0.4) is 0 Å². The number of rotatable bonds is 8. The van der Waals surface area contributed by atoms with Gasteiger partial charge in [-0.25, -0.2) is 0 Å². The molecule has 0 spiro atoms. The van der Waals surface area contributed by atoms with Gasteiger partial charge in [0.2, 0.25) is 0 Å². The highest BCUT2D eigenvalue weighted by Crippen LogP contribution is 2.49. The maximum Gasteiger partial charge on any atom is 0.317 e. The van der Waals surface area contributed by atoms with Crippen LogP contribution in [0.5, 0.6) is 0 Å². The van der Waals surface area contributed by atoms with Crippen molar-refractivity contribution in [2.24, 2.45) is 0 Å². The molecule has 1 aliphatic heterocycles. The molecule has 17 heavy (non-hydrogen) atoms. The third kappa shape index (κ3) is 6.87. The van der Waals surface area contributed by atoms with Gasteiger partial charge in [-0.3, -0.25) is 4.79 Å². The van der Waals surface area contributed by atoms with Gasteiger partial charge >= 0.3 is 5.97 Å². The van der Waals surface area contributed by atoms with Crippen molar-refractivity contribution in [1.29, 1.82) is 0 Å². The molecular weight excluding hydrogens is 272 g/mol. The van der Waals surface area contributed by atoms with E-state index in [0.717, 1.165) is 24.9 Å². The van der Waals surface area contributed by atoms with E-state index in [1.807, 2.05) is 10.8 Å². The quantitative estimate of drug-likeness (QED) is 0.367. The lowest BCUT2D eigenvalue weighted by atomic mass is 9.99. The van der Waals surface area contributed by atoms with Crippen LogP contribution in [0.4, 0.5) is 0 Å². The highest BCUT2D eigenvalue weighted by Gasteiger charge is 2.29. The number of carbonyl (C=O) groups is 1. The fraction of sp³-hybridized carbons (Fsp3) is 0.917. The van der Waals surface area contributed by atoms with Crippen molar-refractivity contribution >= 4 is 39.6 Å². The molecule has 0 aromatic heterocycles. The summed E-state index contributed by atoms with van der Waals surface area (Å²) < 4.78 is 5.33. The van der Waals surface area contributed by atoms with Crippen LogP contribution < -0.4 is 0 Å². The molecule has 1 rings (SSSR count). The third-order valence-corrected chi connectivity index (χ3v) is 6.70. The summed E-state index contributed by atoms with van der Waals surface area (Å²) in [5, 5.41) is 0. The van der Waals surface area contributed by atoms with E-state index in [2.05, 4.69) is 17.7 Å². The fourth-order valence-corrected chi connectivity index (χ4v) is 5.47. The van der Waals surface area contributed by atoms with E-state index in [0.29, 0.717) is 11.2 Å². The molecule has 5 heteroatoms. The minimum atomic E-state index is -0.0767. The van der Waals surface area contributed by atoms with Crippen LogP contribution in [0, 0.1) is 0 Å². The van der Waals surface area contributed by atoms with Crippen LogP contribution in [0.2, 0.25) is 0 Å². The van der Waals surface area contributed by atoms with Gasteiger partial charge in [0.15, 0.2) is 0 Å². The molecule has 0 amide bonds. The molecule has 1 atom stereocenters. The van der Waals surface area contributed by atoms with E-state index in [-0.39, 0.29) is 5.97 Å². The average molecular weight is 295 g/mol. The standard InChI is InChI=1S/C12H22O2S3/c1-12(9-10-16-17-12)8-6-4-3-5-7-11(13)14-15-2/h3-10H2,1-2H3. The van der Waals surface area contributed by atoms with Crippen LogP contribution in [0.15, 0.2) is 0 Å². The molecule has 2 nitrogen and oxygen atoms in total. The smallest absolute Gasteiger partial charge is 0.317 e. The molecule has 0 radical (unpaired) electrons. The number of unbranched alkanes of at least 4 members (excludes halogenated alkanes) is 3. The minimum Gasteiger partial charge on any atom is -0.392 e. The van der Waals surface area contributed by atoms with E-state index in [1.54, 1.807) is 6.26 Å². The summed E-state index contributed by atoms with van der Waals surface area (Å²) in [6.45, 7) is 2.38. The average Bonchev–Trinajstić information content (AvgIpc) is 2.71. The van der Waals surface area contributed by atoms with Gasteiger partial charge in [-0.15, -0.1) is 0 Å². The Bertz CT molecular complexity index is 228. The normalized spacial score (nSPS) is 23.9. The van der Waals surface area contributed by atoms with Crippen LogP contribution in [-0.2, 0) is 8.98 Å². The van der Waals surface area contributed by atoms with Crippen LogP contribution in [-0.4, -0.2) is 22.7 Å². The van der Waals surface area contributed by atoms with Gasteiger partial charge < -0.3 is 4.18 Å². The Hall–Kier alpha value is 0.520. The van der Waals surface area contributed by atoms with Crippen molar-refractivity contribution in [3.63, 3.8) is 0 Å². The lowest BCUT2D eigenvalue weighted by Crippen LogP contribution is -2.15. The van der Waals surface area contributed by atoms with E-state index in [9.17, 15) is 4.79 Å². The van der Waals surface area contributed by atoms with Crippen molar-refractivity contribution in [3.8, 4) is 0 Å². The second-order valence-electron chi connectivity index (χ2n) is 4.64. The zero-order valence-corrected chi connectivity index (χ0v) is 13.1. The maximum atomic E-state index is 11.1. The molecule has 0 N–H and O–H groups in total. The molecule has 1 unspecified atom stereocenters. The van der Waals surface area contributed by atoms with Gasteiger partial charge in [-0.05, 0) is 26.2 Å². The summed E-state index contributed by atoms with van der Waals surface area (Å²) >= 11 is 1.14. The van der Waals surface area contributed by atoms with Gasteiger partial charge in [0.1, 0.15) is 0 Å². The Labute approximate surface area is 117 Å². The highest BCUT2D eigenvalue weighted by atomic mass is 33.1. The summed E-state index contributed by atoms with van der Waals surface area (Å²) in [5.74, 6) is 1.23. The topological polar surface area (TPSA) is 26.3 Å². The molecule has 0 aliphatic carbocycles. The van der Waals surface area contributed by atoms with Gasteiger partial charge in [-0.2, -0.15) is 0 Å². The second-order valence-corrected chi connectivity index (χ2v) is 8.14. The van der Waals surface area contributed by atoms with Crippen LogP contribution in [0.25, 0.3) is 0 Å². The SMILES string of the molecule is CSOC(=O)CCCCCCC1(C)CCSS1. The van der Waals surface area contributed by atoms with Crippen molar-refractivity contribution in [3.05, 3.63) is 0 Å². The van der Waals surface area contributed by atoms with Gasteiger partial charge in [0, 0.05) is 23.2 Å². The molecule has 1 saturated heterocycles. The summed E-state index contributed by atoms with van der Waals surface area (Å²) in [6, 6.07) is 0. The van der Waals surface area contributed by atoms with Gasteiger partial charge in [-0.1, -0.05) is 40.9 Å². The molecule has 0 saturated carbocycles. The number of carbonyl (C=O) groups excluding carboxylic acids is 1. The van der Waals surface area contributed by atoms with E-state index >= 15 is 0 Å². The molecule has 0 aromatic rings. The zero-order chi connectivity index (χ0) is 12.6. The monoisotopic (exact) mass is 294 g/mol. The molecule has 0 aromatic carbocycles. The van der Waals surface area contributed by atoms with E-state index in [1.165, 1.54) is 31.4 Å². The van der Waals surface area contributed by atoms with Crippen LogP contribution >= 0.6 is 33.6 Å². The van der Waals surface area contributed by atoms with Crippen molar-refractivity contribution in [2.45, 2.75) is 56.6 Å².